The molecule has 28 heavy (non-hydrogen) atoms. The van der Waals surface area contributed by atoms with E-state index in [1.54, 1.807) is 24.3 Å². The van der Waals surface area contributed by atoms with Crippen molar-refractivity contribution in [2.75, 3.05) is 13.7 Å². The number of hydrogen-bond donors (Lipinski definition) is 1. The predicted molar refractivity (Wildman–Crippen MR) is 103 cm³/mol. The Bertz CT molecular complexity index is 947. The molecule has 0 aliphatic rings. The molecule has 0 radical (unpaired) electrons. The van der Waals surface area contributed by atoms with Crippen molar-refractivity contribution in [2.45, 2.75) is 19.8 Å². The van der Waals surface area contributed by atoms with Gasteiger partial charge in [0.25, 0.3) is 5.91 Å². The summed E-state index contributed by atoms with van der Waals surface area (Å²) in [5.41, 5.74) is 3.25. The fourth-order valence-corrected chi connectivity index (χ4v) is 2.56. The minimum atomic E-state index is -0.289. The molecular weight excluding hydrogens is 358 g/mol. The van der Waals surface area contributed by atoms with Crippen LogP contribution < -0.4 is 5.32 Å². The summed E-state index contributed by atoms with van der Waals surface area (Å²) in [6.07, 6.45) is 0.802. The number of aryl methyl sites for hydroxylation is 1. The molecule has 0 aliphatic heterocycles. The molecular formula is C21H21N3O4. The van der Waals surface area contributed by atoms with Crippen LogP contribution in [0.3, 0.4) is 0 Å². The van der Waals surface area contributed by atoms with Gasteiger partial charge in [0, 0.05) is 29.7 Å². The monoisotopic (exact) mass is 379 g/mol. The van der Waals surface area contributed by atoms with Gasteiger partial charge in [-0.3, -0.25) is 9.59 Å². The summed E-state index contributed by atoms with van der Waals surface area (Å²) in [6, 6.07) is 14.7. The fraction of sp³-hybridized carbons (Fsp3) is 0.238. The Hall–Kier alpha value is -3.48. The third-order valence-corrected chi connectivity index (χ3v) is 4.19. The molecule has 1 heterocycles. The summed E-state index contributed by atoms with van der Waals surface area (Å²) in [7, 11) is 1.34. The molecule has 7 heteroatoms. The lowest BCUT2D eigenvalue weighted by molar-refractivity contribution is -0.140. The highest BCUT2D eigenvalue weighted by molar-refractivity contribution is 5.94. The maximum absolute atomic E-state index is 12.1. The van der Waals surface area contributed by atoms with E-state index in [9.17, 15) is 9.59 Å². The van der Waals surface area contributed by atoms with Crippen LogP contribution in [-0.2, 0) is 9.53 Å². The number of ether oxygens (including phenoxy) is 1. The maximum atomic E-state index is 12.1. The van der Waals surface area contributed by atoms with Crippen molar-refractivity contribution in [2.24, 2.45) is 0 Å². The maximum Gasteiger partial charge on any atom is 0.305 e. The van der Waals surface area contributed by atoms with E-state index in [-0.39, 0.29) is 18.3 Å². The molecule has 0 saturated carbocycles. The van der Waals surface area contributed by atoms with Crippen molar-refractivity contribution < 1.29 is 18.7 Å². The summed E-state index contributed by atoms with van der Waals surface area (Å²) in [5, 5.41) is 10.9. The number of carbonyl (C=O) groups is 2. The number of nitrogens with zero attached hydrogens (tertiary/aromatic N) is 2. The zero-order valence-corrected chi connectivity index (χ0v) is 15.8. The van der Waals surface area contributed by atoms with Crippen LogP contribution in [0.25, 0.3) is 22.9 Å². The first-order valence-electron chi connectivity index (χ1n) is 8.93. The van der Waals surface area contributed by atoms with Gasteiger partial charge in [0.1, 0.15) is 0 Å². The van der Waals surface area contributed by atoms with Gasteiger partial charge in [0.2, 0.25) is 11.8 Å². The molecule has 1 amide bonds. The van der Waals surface area contributed by atoms with E-state index >= 15 is 0 Å². The number of aromatic nitrogens is 2. The van der Waals surface area contributed by atoms with Gasteiger partial charge in [0.05, 0.1) is 7.11 Å². The standard InChI is InChI=1S/C21H21N3O4/c1-14-5-7-16(8-6-14)20-23-24-21(28-20)17-11-9-15(10-12-17)19(26)22-13-3-4-18(25)27-2/h5-12H,3-4,13H2,1-2H3,(H,22,26). The minimum Gasteiger partial charge on any atom is -0.469 e. The van der Waals surface area contributed by atoms with Crippen LogP contribution in [0.1, 0.15) is 28.8 Å². The predicted octanol–water partition coefficient (Wildman–Crippen LogP) is 3.40. The van der Waals surface area contributed by atoms with E-state index in [4.69, 9.17) is 4.42 Å². The van der Waals surface area contributed by atoms with Gasteiger partial charge in [-0.25, -0.2) is 0 Å². The van der Waals surface area contributed by atoms with E-state index in [0.717, 1.165) is 16.7 Å². The second-order valence-corrected chi connectivity index (χ2v) is 6.29. The summed E-state index contributed by atoms with van der Waals surface area (Å²) in [6.45, 7) is 2.42. The molecule has 1 aromatic heterocycles. The van der Waals surface area contributed by atoms with Crippen LogP contribution in [0.2, 0.25) is 0 Å². The quantitative estimate of drug-likeness (QED) is 0.499. The Kier molecular flexibility index (Phi) is 6.16. The van der Waals surface area contributed by atoms with Crippen molar-refractivity contribution >= 4 is 11.9 Å². The smallest absolute Gasteiger partial charge is 0.305 e. The Labute approximate surface area is 162 Å². The van der Waals surface area contributed by atoms with Gasteiger partial charge in [-0.15, -0.1) is 10.2 Å². The number of rotatable bonds is 7. The van der Waals surface area contributed by atoms with Crippen LogP contribution in [0.15, 0.2) is 52.9 Å². The zero-order valence-electron chi connectivity index (χ0n) is 15.8. The molecule has 0 aliphatic carbocycles. The Balaban J connectivity index is 1.60. The molecule has 3 rings (SSSR count). The topological polar surface area (TPSA) is 94.3 Å². The summed E-state index contributed by atoms with van der Waals surface area (Å²) >= 11 is 0. The van der Waals surface area contributed by atoms with Crippen molar-refractivity contribution in [3.8, 4) is 22.9 Å². The third kappa shape index (κ3) is 4.82. The molecule has 0 fully saturated rings. The fourth-order valence-electron chi connectivity index (χ4n) is 2.56. The lowest BCUT2D eigenvalue weighted by atomic mass is 10.1. The highest BCUT2D eigenvalue weighted by atomic mass is 16.5. The number of esters is 1. The number of amides is 1. The SMILES string of the molecule is COC(=O)CCCNC(=O)c1ccc(-c2nnc(-c3ccc(C)cc3)o2)cc1. The highest BCUT2D eigenvalue weighted by Gasteiger charge is 2.12. The van der Waals surface area contributed by atoms with Crippen LogP contribution in [0, 0.1) is 6.92 Å². The lowest BCUT2D eigenvalue weighted by Crippen LogP contribution is -2.24. The highest BCUT2D eigenvalue weighted by Crippen LogP contribution is 2.24. The normalized spacial score (nSPS) is 10.5. The Morgan fingerprint density at radius 2 is 1.54 bits per heavy atom. The third-order valence-electron chi connectivity index (χ3n) is 4.19. The van der Waals surface area contributed by atoms with Gasteiger partial charge >= 0.3 is 5.97 Å². The average molecular weight is 379 g/mol. The number of carbonyl (C=O) groups excluding carboxylic acids is 2. The Morgan fingerprint density at radius 3 is 2.11 bits per heavy atom. The van der Waals surface area contributed by atoms with Crippen LogP contribution in [-0.4, -0.2) is 35.7 Å². The van der Waals surface area contributed by atoms with Crippen molar-refractivity contribution in [3.63, 3.8) is 0 Å². The summed E-state index contributed by atoms with van der Waals surface area (Å²) in [5.74, 6) is 0.341. The van der Waals surface area contributed by atoms with E-state index in [1.807, 2.05) is 31.2 Å². The van der Waals surface area contributed by atoms with Crippen molar-refractivity contribution in [1.82, 2.24) is 15.5 Å². The lowest BCUT2D eigenvalue weighted by Gasteiger charge is -2.05. The summed E-state index contributed by atoms with van der Waals surface area (Å²) in [4.78, 5) is 23.2. The summed E-state index contributed by atoms with van der Waals surface area (Å²) < 4.78 is 10.3. The van der Waals surface area contributed by atoms with Gasteiger partial charge in [-0.05, 0) is 49.7 Å². The van der Waals surface area contributed by atoms with Gasteiger partial charge in [-0.1, -0.05) is 17.7 Å². The minimum absolute atomic E-state index is 0.206. The van der Waals surface area contributed by atoms with E-state index < -0.39 is 0 Å². The number of benzene rings is 2. The van der Waals surface area contributed by atoms with Crippen molar-refractivity contribution in [3.05, 3.63) is 59.7 Å². The molecule has 144 valence electrons. The molecule has 0 bridgehead atoms. The Morgan fingerprint density at radius 1 is 0.964 bits per heavy atom. The molecule has 7 nitrogen and oxygen atoms in total. The largest absolute Gasteiger partial charge is 0.469 e. The van der Waals surface area contributed by atoms with Crippen LogP contribution in [0.5, 0.6) is 0 Å². The first kappa shape index (κ1) is 19.3. The molecule has 2 aromatic carbocycles. The average Bonchev–Trinajstić information content (AvgIpc) is 3.21. The van der Waals surface area contributed by atoms with E-state index in [2.05, 4.69) is 20.3 Å². The number of nitrogens with one attached hydrogen (secondary N) is 1. The van der Waals surface area contributed by atoms with Gasteiger partial charge < -0.3 is 14.5 Å². The number of methoxy groups -OCH3 is 1. The molecule has 1 N–H and O–H groups in total. The van der Waals surface area contributed by atoms with Crippen LogP contribution in [0.4, 0.5) is 0 Å². The van der Waals surface area contributed by atoms with E-state index in [0.29, 0.717) is 30.3 Å². The van der Waals surface area contributed by atoms with Gasteiger partial charge in [0.15, 0.2) is 0 Å². The molecule has 0 unspecified atom stereocenters. The van der Waals surface area contributed by atoms with E-state index in [1.165, 1.54) is 7.11 Å². The zero-order chi connectivity index (χ0) is 19.9. The van der Waals surface area contributed by atoms with Crippen molar-refractivity contribution in [1.29, 1.82) is 0 Å². The number of hydrogen-bond acceptors (Lipinski definition) is 6. The molecule has 0 saturated heterocycles. The first-order chi connectivity index (χ1) is 13.6. The second-order valence-electron chi connectivity index (χ2n) is 6.29. The van der Waals surface area contributed by atoms with Crippen LogP contribution >= 0.6 is 0 Å². The molecule has 0 spiro atoms. The molecule has 3 aromatic rings. The first-order valence-corrected chi connectivity index (χ1v) is 8.93. The molecule has 0 atom stereocenters. The van der Waals surface area contributed by atoms with Gasteiger partial charge in [-0.2, -0.15) is 0 Å². The second kappa shape index (κ2) is 8.94.